The maximum Gasteiger partial charge on any atom is 0.211 e. The van der Waals surface area contributed by atoms with E-state index in [0.29, 0.717) is 32.4 Å². The fourth-order valence-electron chi connectivity index (χ4n) is 1.18. The summed E-state index contributed by atoms with van der Waals surface area (Å²) < 4.78 is 25.2. The molecule has 0 atom stereocenters. The standard InChI is InChI=1S/C8H17N5O2S/c9-4-2-6-16(14,15)12-5-1-3-8-10-7-11-13-8/h7,12H,1-6,9H2,(H,10,11,13). The summed E-state index contributed by atoms with van der Waals surface area (Å²) in [6.45, 7) is 0.798. The molecule has 0 bridgehead atoms. The number of H-pyrrole nitrogens is 1. The average molecular weight is 247 g/mol. The molecule has 7 nitrogen and oxygen atoms in total. The first kappa shape index (κ1) is 13.1. The summed E-state index contributed by atoms with van der Waals surface area (Å²) in [5.41, 5.74) is 5.24. The number of aryl methyl sites for hydroxylation is 1. The largest absolute Gasteiger partial charge is 0.330 e. The zero-order chi connectivity index (χ0) is 11.9. The molecule has 1 rings (SSSR count). The summed E-state index contributed by atoms with van der Waals surface area (Å²) in [7, 11) is -3.16. The number of nitrogens with one attached hydrogen (secondary N) is 2. The number of hydrogen-bond acceptors (Lipinski definition) is 5. The third-order valence-electron chi connectivity index (χ3n) is 1.99. The Morgan fingerprint density at radius 1 is 1.44 bits per heavy atom. The minimum Gasteiger partial charge on any atom is -0.330 e. The third kappa shape index (κ3) is 5.19. The third-order valence-corrected chi connectivity index (χ3v) is 3.46. The first-order valence-corrected chi connectivity index (χ1v) is 6.81. The lowest BCUT2D eigenvalue weighted by atomic mass is 10.3. The van der Waals surface area contributed by atoms with Crippen LogP contribution in [0.5, 0.6) is 0 Å². The van der Waals surface area contributed by atoms with E-state index in [1.807, 2.05) is 0 Å². The van der Waals surface area contributed by atoms with Crippen molar-refractivity contribution in [2.45, 2.75) is 19.3 Å². The van der Waals surface area contributed by atoms with Gasteiger partial charge in [-0.05, 0) is 19.4 Å². The van der Waals surface area contributed by atoms with Crippen molar-refractivity contribution in [2.24, 2.45) is 5.73 Å². The predicted octanol–water partition coefficient (Wildman–Crippen LogP) is -0.994. The number of hydrogen-bond donors (Lipinski definition) is 3. The Morgan fingerprint density at radius 3 is 2.88 bits per heavy atom. The number of aromatic nitrogens is 3. The molecule has 0 fully saturated rings. The molecule has 0 radical (unpaired) electrons. The van der Waals surface area contributed by atoms with Gasteiger partial charge in [-0.3, -0.25) is 5.10 Å². The molecule has 0 amide bonds. The van der Waals surface area contributed by atoms with Crippen LogP contribution in [0.4, 0.5) is 0 Å². The smallest absolute Gasteiger partial charge is 0.211 e. The minimum absolute atomic E-state index is 0.0891. The lowest BCUT2D eigenvalue weighted by Gasteiger charge is -2.04. The fraction of sp³-hybridized carbons (Fsp3) is 0.750. The number of aromatic amines is 1. The number of nitrogens with two attached hydrogens (primary N) is 1. The zero-order valence-corrected chi connectivity index (χ0v) is 9.83. The van der Waals surface area contributed by atoms with Crippen LogP contribution < -0.4 is 10.5 Å². The van der Waals surface area contributed by atoms with Gasteiger partial charge in [0.2, 0.25) is 10.0 Å². The highest BCUT2D eigenvalue weighted by Crippen LogP contribution is 1.93. The van der Waals surface area contributed by atoms with E-state index in [4.69, 9.17) is 5.73 Å². The Morgan fingerprint density at radius 2 is 2.25 bits per heavy atom. The number of rotatable bonds is 8. The number of nitrogens with zero attached hydrogens (tertiary/aromatic N) is 2. The van der Waals surface area contributed by atoms with Crippen molar-refractivity contribution in [3.8, 4) is 0 Å². The Kier molecular flexibility index (Phi) is 5.36. The van der Waals surface area contributed by atoms with E-state index in [-0.39, 0.29) is 5.75 Å². The van der Waals surface area contributed by atoms with E-state index in [2.05, 4.69) is 19.9 Å². The fourth-order valence-corrected chi connectivity index (χ4v) is 2.33. The highest BCUT2D eigenvalue weighted by Gasteiger charge is 2.08. The van der Waals surface area contributed by atoms with E-state index in [0.717, 1.165) is 5.82 Å². The molecular formula is C8H17N5O2S. The van der Waals surface area contributed by atoms with Crippen LogP contribution in [0.25, 0.3) is 0 Å². The van der Waals surface area contributed by atoms with Gasteiger partial charge in [0, 0.05) is 13.0 Å². The molecule has 1 aromatic rings. The van der Waals surface area contributed by atoms with Crippen molar-refractivity contribution in [1.29, 1.82) is 0 Å². The van der Waals surface area contributed by atoms with Crippen molar-refractivity contribution in [3.05, 3.63) is 12.2 Å². The first-order chi connectivity index (χ1) is 7.64. The van der Waals surface area contributed by atoms with E-state index in [9.17, 15) is 8.42 Å². The molecule has 0 saturated heterocycles. The molecule has 0 aliphatic heterocycles. The second-order valence-electron chi connectivity index (χ2n) is 3.39. The SMILES string of the molecule is NCCCS(=O)(=O)NCCCc1ncn[nH]1. The summed E-state index contributed by atoms with van der Waals surface area (Å²) >= 11 is 0. The predicted molar refractivity (Wildman–Crippen MR) is 60.2 cm³/mol. The highest BCUT2D eigenvalue weighted by atomic mass is 32.2. The maximum absolute atomic E-state index is 11.3. The maximum atomic E-state index is 11.3. The van der Waals surface area contributed by atoms with Crippen LogP contribution in [0.1, 0.15) is 18.7 Å². The van der Waals surface area contributed by atoms with E-state index < -0.39 is 10.0 Å². The van der Waals surface area contributed by atoms with E-state index in [1.54, 1.807) is 0 Å². The van der Waals surface area contributed by atoms with Crippen LogP contribution in [0.15, 0.2) is 6.33 Å². The van der Waals surface area contributed by atoms with Crippen LogP contribution >= 0.6 is 0 Å². The molecule has 0 aromatic carbocycles. The van der Waals surface area contributed by atoms with Gasteiger partial charge in [0.25, 0.3) is 0 Å². The van der Waals surface area contributed by atoms with Crippen LogP contribution in [0.2, 0.25) is 0 Å². The van der Waals surface area contributed by atoms with Crippen LogP contribution in [0, 0.1) is 0 Å². The normalized spacial score (nSPS) is 11.8. The Hall–Kier alpha value is -0.990. The molecule has 16 heavy (non-hydrogen) atoms. The molecule has 0 saturated carbocycles. The Balaban J connectivity index is 2.15. The minimum atomic E-state index is -3.16. The molecule has 4 N–H and O–H groups in total. The van der Waals surface area contributed by atoms with E-state index >= 15 is 0 Å². The summed E-state index contributed by atoms with van der Waals surface area (Å²) in [5.74, 6) is 0.854. The lowest BCUT2D eigenvalue weighted by molar-refractivity contribution is 0.576. The van der Waals surface area contributed by atoms with Gasteiger partial charge in [0.15, 0.2) is 0 Å². The van der Waals surface area contributed by atoms with Crippen molar-refractivity contribution >= 4 is 10.0 Å². The van der Waals surface area contributed by atoms with Crippen LogP contribution in [0.3, 0.4) is 0 Å². The number of sulfonamides is 1. The monoisotopic (exact) mass is 247 g/mol. The Labute approximate surface area is 94.9 Å². The highest BCUT2D eigenvalue weighted by molar-refractivity contribution is 7.89. The van der Waals surface area contributed by atoms with Gasteiger partial charge in [0.1, 0.15) is 12.2 Å². The summed E-state index contributed by atoms with van der Waals surface area (Å²) in [6, 6.07) is 0. The molecule has 0 aliphatic rings. The molecule has 0 unspecified atom stereocenters. The van der Waals surface area contributed by atoms with Crippen LogP contribution in [-0.2, 0) is 16.4 Å². The quantitative estimate of drug-likeness (QED) is 0.510. The van der Waals surface area contributed by atoms with Crippen molar-refractivity contribution in [1.82, 2.24) is 19.9 Å². The van der Waals surface area contributed by atoms with Crippen molar-refractivity contribution < 1.29 is 8.42 Å². The van der Waals surface area contributed by atoms with Gasteiger partial charge in [-0.1, -0.05) is 0 Å². The summed E-state index contributed by atoms with van der Waals surface area (Å²) in [6.07, 6.45) is 3.29. The Bertz CT molecular complexity index is 375. The second kappa shape index (κ2) is 6.56. The zero-order valence-electron chi connectivity index (χ0n) is 9.02. The van der Waals surface area contributed by atoms with Gasteiger partial charge < -0.3 is 5.73 Å². The molecule has 0 aliphatic carbocycles. The molecule has 92 valence electrons. The van der Waals surface area contributed by atoms with Crippen LogP contribution in [-0.4, -0.2) is 42.4 Å². The van der Waals surface area contributed by atoms with E-state index in [1.165, 1.54) is 6.33 Å². The van der Waals surface area contributed by atoms with Gasteiger partial charge >= 0.3 is 0 Å². The van der Waals surface area contributed by atoms with Gasteiger partial charge in [-0.25, -0.2) is 18.1 Å². The van der Waals surface area contributed by atoms with Crippen molar-refractivity contribution in [2.75, 3.05) is 18.8 Å². The first-order valence-electron chi connectivity index (χ1n) is 5.16. The molecule has 1 aromatic heterocycles. The molecular weight excluding hydrogens is 230 g/mol. The lowest BCUT2D eigenvalue weighted by Crippen LogP contribution is -2.28. The van der Waals surface area contributed by atoms with Gasteiger partial charge in [0.05, 0.1) is 5.75 Å². The van der Waals surface area contributed by atoms with Crippen molar-refractivity contribution in [3.63, 3.8) is 0 Å². The summed E-state index contributed by atoms with van der Waals surface area (Å²) in [5, 5.41) is 6.42. The topological polar surface area (TPSA) is 114 Å². The average Bonchev–Trinajstić information content (AvgIpc) is 2.75. The van der Waals surface area contributed by atoms with Gasteiger partial charge in [-0.2, -0.15) is 5.10 Å². The molecule has 0 spiro atoms. The summed E-state index contributed by atoms with van der Waals surface area (Å²) in [4.78, 5) is 3.94. The van der Waals surface area contributed by atoms with Gasteiger partial charge in [-0.15, -0.1) is 0 Å². The molecule has 1 heterocycles. The molecule has 8 heteroatoms. The second-order valence-corrected chi connectivity index (χ2v) is 5.32.